The van der Waals surface area contributed by atoms with Crippen molar-refractivity contribution in [3.8, 4) is 22.1 Å². The number of thioether (sulfide) groups is 1. The van der Waals surface area contributed by atoms with E-state index in [1.54, 1.807) is 25.6 Å². The smallest absolute Gasteiger partial charge is 0.192 e. The number of nitrogens with two attached hydrogens (primary N) is 2. The third kappa shape index (κ3) is 8.20. The SMILES string of the molecule is COCCOCCOCCOc1cc(-c2nc([C@@H](C)Sc3nc(N)cc(N)n3)c(C)s2)ccc1OC. The summed E-state index contributed by atoms with van der Waals surface area (Å²) in [6.45, 7) is 7.08. The Kier molecular flexibility index (Phi) is 11.0. The van der Waals surface area contributed by atoms with E-state index in [1.165, 1.54) is 17.8 Å². The summed E-state index contributed by atoms with van der Waals surface area (Å²) in [7, 11) is 3.26. The second-order valence-corrected chi connectivity index (χ2v) is 10.2. The maximum absolute atomic E-state index is 5.94. The maximum Gasteiger partial charge on any atom is 0.192 e. The summed E-state index contributed by atoms with van der Waals surface area (Å²) in [5.41, 5.74) is 13.5. The summed E-state index contributed by atoms with van der Waals surface area (Å²) in [4.78, 5) is 14.5. The molecule has 0 bridgehead atoms. The van der Waals surface area contributed by atoms with E-state index in [0.717, 1.165) is 21.1 Å². The van der Waals surface area contributed by atoms with Gasteiger partial charge in [0.1, 0.15) is 23.3 Å². The van der Waals surface area contributed by atoms with Crippen LogP contribution in [0, 0.1) is 6.92 Å². The normalized spacial score (nSPS) is 12.0. The lowest BCUT2D eigenvalue weighted by Gasteiger charge is -2.12. The zero-order chi connectivity index (χ0) is 25.9. The number of aryl methyl sites for hydroxylation is 1. The van der Waals surface area contributed by atoms with E-state index in [0.29, 0.717) is 67.9 Å². The number of ether oxygens (including phenoxy) is 5. The van der Waals surface area contributed by atoms with Crippen molar-refractivity contribution in [3.05, 3.63) is 34.8 Å². The molecule has 2 aromatic heterocycles. The fourth-order valence-electron chi connectivity index (χ4n) is 3.23. The number of benzene rings is 1. The van der Waals surface area contributed by atoms with Crippen molar-refractivity contribution in [2.45, 2.75) is 24.3 Å². The molecule has 0 spiro atoms. The third-order valence-corrected chi connectivity index (χ3v) is 6.95. The Bertz CT molecular complexity index is 1090. The second-order valence-electron chi connectivity index (χ2n) is 7.65. The molecule has 4 N–H and O–H groups in total. The average molecular weight is 536 g/mol. The number of methoxy groups -OCH3 is 2. The fourth-order valence-corrected chi connectivity index (χ4v) is 5.29. The molecular formula is C24H33N5O5S2. The summed E-state index contributed by atoms with van der Waals surface area (Å²) in [5.74, 6) is 1.98. The summed E-state index contributed by atoms with van der Waals surface area (Å²) < 4.78 is 27.3. The van der Waals surface area contributed by atoms with Gasteiger partial charge in [-0.3, -0.25) is 0 Å². The fraction of sp³-hybridized carbons (Fsp3) is 0.458. The van der Waals surface area contributed by atoms with E-state index in [1.807, 2.05) is 18.2 Å². The molecule has 0 unspecified atom stereocenters. The predicted molar refractivity (Wildman–Crippen MR) is 143 cm³/mol. The molecule has 0 aliphatic carbocycles. The first-order chi connectivity index (χ1) is 17.4. The van der Waals surface area contributed by atoms with Crippen molar-refractivity contribution in [2.24, 2.45) is 0 Å². The predicted octanol–water partition coefficient (Wildman–Crippen LogP) is 3.99. The first-order valence-electron chi connectivity index (χ1n) is 11.4. The van der Waals surface area contributed by atoms with E-state index in [9.17, 15) is 0 Å². The van der Waals surface area contributed by atoms with Gasteiger partial charge in [-0.2, -0.15) is 0 Å². The number of rotatable bonds is 15. The number of anilines is 2. The Morgan fingerprint density at radius 3 is 2.22 bits per heavy atom. The van der Waals surface area contributed by atoms with E-state index < -0.39 is 0 Å². The first kappa shape index (κ1) is 27.9. The van der Waals surface area contributed by atoms with Gasteiger partial charge < -0.3 is 35.2 Å². The molecule has 3 aromatic rings. The molecule has 0 saturated heterocycles. The van der Waals surface area contributed by atoms with E-state index in [-0.39, 0.29) is 5.25 Å². The lowest BCUT2D eigenvalue weighted by atomic mass is 10.2. The molecule has 0 fully saturated rings. The van der Waals surface area contributed by atoms with Gasteiger partial charge in [-0.1, -0.05) is 11.8 Å². The van der Waals surface area contributed by atoms with Gasteiger partial charge in [-0.25, -0.2) is 15.0 Å². The lowest BCUT2D eigenvalue weighted by molar-refractivity contribution is 0.0178. The second kappa shape index (κ2) is 14.2. The zero-order valence-corrected chi connectivity index (χ0v) is 22.6. The van der Waals surface area contributed by atoms with Crippen LogP contribution in [-0.4, -0.2) is 68.8 Å². The molecule has 10 nitrogen and oxygen atoms in total. The molecule has 1 atom stereocenters. The largest absolute Gasteiger partial charge is 0.493 e. The topological polar surface area (TPSA) is 137 Å². The highest BCUT2D eigenvalue weighted by Crippen LogP contribution is 2.40. The lowest BCUT2D eigenvalue weighted by Crippen LogP contribution is -2.12. The van der Waals surface area contributed by atoms with Gasteiger partial charge in [-0.05, 0) is 32.0 Å². The molecule has 0 saturated carbocycles. The minimum atomic E-state index is 0.0146. The van der Waals surface area contributed by atoms with Gasteiger partial charge in [0.2, 0.25) is 0 Å². The van der Waals surface area contributed by atoms with Crippen molar-refractivity contribution < 1.29 is 23.7 Å². The van der Waals surface area contributed by atoms with Gasteiger partial charge in [0.05, 0.1) is 51.1 Å². The van der Waals surface area contributed by atoms with E-state index in [4.69, 9.17) is 40.1 Å². The summed E-state index contributed by atoms with van der Waals surface area (Å²) >= 11 is 3.09. The number of aromatic nitrogens is 3. The quantitative estimate of drug-likeness (QED) is 0.166. The van der Waals surface area contributed by atoms with Crippen LogP contribution in [0.3, 0.4) is 0 Å². The van der Waals surface area contributed by atoms with Gasteiger partial charge in [0, 0.05) is 23.6 Å². The van der Waals surface area contributed by atoms with Crippen molar-refractivity contribution in [1.29, 1.82) is 0 Å². The van der Waals surface area contributed by atoms with Crippen molar-refractivity contribution in [1.82, 2.24) is 15.0 Å². The van der Waals surface area contributed by atoms with Crippen molar-refractivity contribution in [3.63, 3.8) is 0 Å². The Balaban J connectivity index is 1.61. The highest BCUT2D eigenvalue weighted by Gasteiger charge is 2.19. The van der Waals surface area contributed by atoms with Crippen LogP contribution in [0.4, 0.5) is 11.6 Å². The molecular weight excluding hydrogens is 502 g/mol. The molecule has 0 aliphatic rings. The third-order valence-electron chi connectivity index (χ3n) is 4.94. The Morgan fingerprint density at radius 2 is 1.56 bits per heavy atom. The molecule has 196 valence electrons. The van der Waals surface area contributed by atoms with Crippen molar-refractivity contribution in [2.75, 3.05) is 65.3 Å². The average Bonchev–Trinajstić information content (AvgIpc) is 3.24. The number of nitrogen functional groups attached to an aromatic ring is 2. The monoisotopic (exact) mass is 535 g/mol. The standard InChI is InChI=1S/C24H33N5O5S2/c1-15-22(16(2)36-24-27-20(25)14-21(26)28-24)29-23(35-15)17-5-6-18(31-4)19(13-17)34-12-11-33-10-9-32-8-7-30-3/h5-6,13-14,16H,7-12H2,1-4H3,(H4,25,26,27,28)/t16-/m1/s1. The molecule has 1 aromatic carbocycles. The number of hydrogen-bond acceptors (Lipinski definition) is 12. The molecule has 2 heterocycles. The number of thiazole rings is 1. The van der Waals surface area contributed by atoms with Gasteiger partial charge in [0.15, 0.2) is 16.7 Å². The highest BCUT2D eigenvalue weighted by atomic mass is 32.2. The molecule has 36 heavy (non-hydrogen) atoms. The highest BCUT2D eigenvalue weighted by molar-refractivity contribution is 7.99. The van der Waals surface area contributed by atoms with Crippen LogP contribution >= 0.6 is 23.1 Å². The summed E-state index contributed by atoms with van der Waals surface area (Å²) in [5, 5.41) is 1.43. The van der Waals surface area contributed by atoms with E-state index in [2.05, 4.69) is 23.8 Å². The van der Waals surface area contributed by atoms with Crippen LogP contribution in [0.5, 0.6) is 11.5 Å². The van der Waals surface area contributed by atoms with Gasteiger partial charge in [-0.15, -0.1) is 11.3 Å². The molecule has 12 heteroatoms. The zero-order valence-electron chi connectivity index (χ0n) is 21.0. The molecule has 0 aliphatic heterocycles. The molecule has 0 radical (unpaired) electrons. The van der Waals surface area contributed by atoms with Crippen LogP contribution in [0.2, 0.25) is 0 Å². The Labute approximate surface area is 219 Å². The van der Waals surface area contributed by atoms with Crippen LogP contribution in [-0.2, 0) is 14.2 Å². The van der Waals surface area contributed by atoms with Crippen LogP contribution in [0.25, 0.3) is 10.6 Å². The summed E-state index contributed by atoms with van der Waals surface area (Å²) in [6, 6.07) is 7.33. The van der Waals surface area contributed by atoms with Gasteiger partial charge >= 0.3 is 0 Å². The Morgan fingerprint density at radius 1 is 0.889 bits per heavy atom. The van der Waals surface area contributed by atoms with Crippen LogP contribution in [0.15, 0.2) is 29.4 Å². The van der Waals surface area contributed by atoms with Crippen molar-refractivity contribution >= 4 is 34.7 Å². The minimum Gasteiger partial charge on any atom is -0.493 e. The maximum atomic E-state index is 5.94. The minimum absolute atomic E-state index is 0.0146. The van der Waals surface area contributed by atoms with Crippen LogP contribution < -0.4 is 20.9 Å². The Hall–Kier alpha value is -2.64. The summed E-state index contributed by atoms with van der Waals surface area (Å²) in [6.07, 6.45) is 0. The number of nitrogens with zero attached hydrogens (tertiary/aromatic N) is 3. The van der Waals surface area contributed by atoms with Crippen LogP contribution in [0.1, 0.15) is 22.7 Å². The molecule has 3 rings (SSSR count). The first-order valence-corrected chi connectivity index (χ1v) is 13.1. The van der Waals surface area contributed by atoms with Gasteiger partial charge in [0.25, 0.3) is 0 Å². The molecule has 0 amide bonds. The number of hydrogen-bond donors (Lipinski definition) is 2. The van der Waals surface area contributed by atoms with E-state index >= 15 is 0 Å².